The third-order valence-corrected chi connectivity index (χ3v) is 6.93. The van der Waals surface area contributed by atoms with Gasteiger partial charge in [-0.3, -0.25) is 9.59 Å². The van der Waals surface area contributed by atoms with E-state index in [9.17, 15) is 22.8 Å². The molecule has 7 heteroatoms. The largest absolute Gasteiger partial charge is 0.486 e. The number of alkyl halides is 3. The van der Waals surface area contributed by atoms with Gasteiger partial charge in [-0.2, -0.15) is 0 Å². The highest BCUT2D eigenvalue weighted by Gasteiger charge is 2.41. The molecule has 0 aliphatic carbocycles. The number of carbonyl (C=O) groups is 2. The summed E-state index contributed by atoms with van der Waals surface area (Å²) < 4.78 is 48.0. The summed E-state index contributed by atoms with van der Waals surface area (Å²) in [6.45, 7) is 1.22. The molecule has 4 nitrogen and oxygen atoms in total. The van der Waals surface area contributed by atoms with E-state index in [1.54, 1.807) is 13.0 Å². The van der Waals surface area contributed by atoms with Crippen LogP contribution < -0.4 is 10.1 Å². The SMILES string of the molecule is CCC(=O)c1cc(C(=O)CCCC2CCNCC2(F)F)cc2c1O[C@H](CF)[C@H]2c1ccccc1. The van der Waals surface area contributed by atoms with E-state index in [-0.39, 0.29) is 42.9 Å². The van der Waals surface area contributed by atoms with E-state index in [2.05, 4.69) is 5.32 Å². The second-order valence-electron chi connectivity index (χ2n) is 9.16. The van der Waals surface area contributed by atoms with E-state index in [4.69, 9.17) is 4.74 Å². The van der Waals surface area contributed by atoms with Crippen molar-refractivity contribution in [3.63, 3.8) is 0 Å². The van der Waals surface area contributed by atoms with Crippen LogP contribution in [0.5, 0.6) is 5.75 Å². The Balaban J connectivity index is 1.60. The van der Waals surface area contributed by atoms with Crippen LogP contribution in [0.4, 0.5) is 13.2 Å². The van der Waals surface area contributed by atoms with Crippen molar-refractivity contribution in [2.75, 3.05) is 19.8 Å². The van der Waals surface area contributed by atoms with E-state index in [0.29, 0.717) is 36.3 Å². The number of hydrogen-bond acceptors (Lipinski definition) is 4. The first-order chi connectivity index (χ1) is 16.4. The van der Waals surface area contributed by atoms with Gasteiger partial charge in [0.1, 0.15) is 18.5 Å². The number of benzene rings is 2. The maximum Gasteiger partial charge on any atom is 0.263 e. The van der Waals surface area contributed by atoms with Gasteiger partial charge in [0.25, 0.3) is 5.92 Å². The van der Waals surface area contributed by atoms with Crippen molar-refractivity contribution in [1.82, 2.24) is 5.32 Å². The number of fused-ring (bicyclic) bond motifs is 1. The Bertz CT molecular complexity index is 1040. The quantitative estimate of drug-likeness (QED) is 0.472. The van der Waals surface area contributed by atoms with Crippen molar-refractivity contribution in [2.24, 2.45) is 5.92 Å². The highest BCUT2D eigenvalue weighted by atomic mass is 19.3. The zero-order chi connectivity index (χ0) is 24.3. The molecule has 1 unspecified atom stereocenters. The number of carbonyl (C=O) groups excluding carboxylic acids is 2. The van der Waals surface area contributed by atoms with Crippen molar-refractivity contribution in [2.45, 2.75) is 57.0 Å². The lowest BCUT2D eigenvalue weighted by Gasteiger charge is -2.31. The minimum atomic E-state index is -2.77. The molecule has 0 spiro atoms. The van der Waals surface area contributed by atoms with Crippen LogP contribution >= 0.6 is 0 Å². The van der Waals surface area contributed by atoms with Crippen LogP contribution in [-0.2, 0) is 0 Å². The first-order valence-electron chi connectivity index (χ1n) is 12.0. The Morgan fingerprint density at radius 3 is 2.59 bits per heavy atom. The van der Waals surface area contributed by atoms with E-state index < -0.39 is 30.5 Å². The Labute approximate surface area is 197 Å². The monoisotopic (exact) mass is 473 g/mol. The number of rotatable bonds is 9. The average Bonchev–Trinajstić information content (AvgIpc) is 3.23. The predicted octanol–water partition coefficient (Wildman–Crippen LogP) is 5.74. The van der Waals surface area contributed by atoms with Gasteiger partial charge in [0.05, 0.1) is 18.0 Å². The molecule has 0 radical (unpaired) electrons. The Morgan fingerprint density at radius 2 is 1.91 bits per heavy atom. The Hall–Kier alpha value is -2.67. The van der Waals surface area contributed by atoms with Crippen LogP contribution in [0.25, 0.3) is 0 Å². The van der Waals surface area contributed by atoms with Crippen molar-refractivity contribution in [3.05, 3.63) is 64.7 Å². The Morgan fingerprint density at radius 1 is 1.15 bits per heavy atom. The van der Waals surface area contributed by atoms with Crippen LogP contribution in [0.1, 0.15) is 76.8 Å². The smallest absolute Gasteiger partial charge is 0.263 e. The number of ether oxygens (including phenoxy) is 1. The zero-order valence-electron chi connectivity index (χ0n) is 19.3. The summed E-state index contributed by atoms with van der Waals surface area (Å²) in [5, 5.41) is 2.71. The fourth-order valence-electron chi connectivity index (χ4n) is 5.06. The van der Waals surface area contributed by atoms with Crippen LogP contribution in [0.3, 0.4) is 0 Å². The molecule has 2 aliphatic rings. The number of Topliss-reactive ketones (excluding diaryl/α,β-unsaturated/α-hetero) is 2. The number of halogens is 3. The first kappa shape index (κ1) is 24.5. The van der Waals surface area contributed by atoms with Crippen molar-refractivity contribution in [3.8, 4) is 5.75 Å². The minimum Gasteiger partial charge on any atom is -0.486 e. The molecule has 182 valence electrons. The number of ketones is 2. The van der Waals surface area contributed by atoms with Crippen molar-refractivity contribution in [1.29, 1.82) is 0 Å². The molecular weight excluding hydrogens is 443 g/mol. The highest BCUT2D eigenvalue weighted by Crippen LogP contribution is 2.45. The van der Waals surface area contributed by atoms with Gasteiger partial charge >= 0.3 is 0 Å². The van der Waals surface area contributed by atoms with Gasteiger partial charge in [0, 0.05) is 29.9 Å². The summed E-state index contributed by atoms with van der Waals surface area (Å²) in [6.07, 6.45) is 0.546. The summed E-state index contributed by atoms with van der Waals surface area (Å²) in [5.74, 6) is -4.00. The summed E-state index contributed by atoms with van der Waals surface area (Å²) in [4.78, 5) is 25.8. The van der Waals surface area contributed by atoms with Crippen LogP contribution in [0, 0.1) is 5.92 Å². The van der Waals surface area contributed by atoms with Crippen LogP contribution in [0.2, 0.25) is 0 Å². The van der Waals surface area contributed by atoms with Gasteiger partial charge in [-0.15, -0.1) is 0 Å². The summed E-state index contributed by atoms with van der Waals surface area (Å²) >= 11 is 0. The molecule has 1 N–H and O–H groups in total. The maximum atomic E-state index is 14.1. The summed E-state index contributed by atoms with van der Waals surface area (Å²) in [6, 6.07) is 12.5. The molecule has 0 saturated carbocycles. The standard InChI is InChI=1S/C27H30F3NO3/c1-2-22(32)20-13-18(23(33)10-6-9-19-11-12-31-16-27(19,29)30)14-21-25(17-7-4-3-5-8-17)24(15-28)34-26(20)21/h3-5,7-8,13-14,19,24-25,31H,2,6,9-12,15-16H2,1H3/t19?,24-,25+/m1/s1. The summed E-state index contributed by atoms with van der Waals surface area (Å²) in [5.41, 5.74) is 2.10. The number of piperidine rings is 1. The average molecular weight is 474 g/mol. The van der Waals surface area contributed by atoms with E-state index >= 15 is 0 Å². The normalized spacial score (nSPS) is 23.2. The van der Waals surface area contributed by atoms with Gasteiger partial charge in [-0.05, 0) is 43.5 Å². The van der Waals surface area contributed by atoms with Gasteiger partial charge < -0.3 is 10.1 Å². The van der Waals surface area contributed by atoms with E-state index in [1.807, 2.05) is 30.3 Å². The van der Waals surface area contributed by atoms with Gasteiger partial charge in [-0.25, -0.2) is 13.2 Å². The maximum absolute atomic E-state index is 14.1. The van der Waals surface area contributed by atoms with E-state index in [1.165, 1.54) is 6.07 Å². The topological polar surface area (TPSA) is 55.4 Å². The molecule has 0 amide bonds. The van der Waals surface area contributed by atoms with Crippen LogP contribution in [-0.4, -0.2) is 43.4 Å². The fraction of sp³-hybridized carbons (Fsp3) is 0.481. The number of hydrogen-bond donors (Lipinski definition) is 1. The Kier molecular flexibility index (Phi) is 7.41. The minimum absolute atomic E-state index is 0.113. The third kappa shape index (κ3) is 4.90. The lowest BCUT2D eigenvalue weighted by atomic mass is 9.85. The number of nitrogens with one attached hydrogen (secondary N) is 1. The first-order valence-corrected chi connectivity index (χ1v) is 12.0. The molecule has 1 fully saturated rings. The molecule has 0 aromatic heterocycles. The second-order valence-corrected chi connectivity index (χ2v) is 9.16. The molecule has 2 aromatic rings. The molecule has 34 heavy (non-hydrogen) atoms. The lowest BCUT2D eigenvalue weighted by molar-refractivity contribution is -0.0764. The lowest BCUT2D eigenvalue weighted by Crippen LogP contribution is -2.45. The van der Waals surface area contributed by atoms with Gasteiger partial charge in [0.15, 0.2) is 11.6 Å². The highest BCUT2D eigenvalue weighted by molar-refractivity contribution is 6.04. The molecule has 0 bridgehead atoms. The third-order valence-electron chi connectivity index (χ3n) is 6.93. The van der Waals surface area contributed by atoms with Gasteiger partial charge in [0.2, 0.25) is 0 Å². The van der Waals surface area contributed by atoms with Crippen LogP contribution in [0.15, 0.2) is 42.5 Å². The summed E-state index contributed by atoms with van der Waals surface area (Å²) in [7, 11) is 0. The molecule has 3 atom stereocenters. The predicted molar refractivity (Wildman–Crippen MR) is 124 cm³/mol. The molecule has 4 rings (SSSR count). The van der Waals surface area contributed by atoms with E-state index in [0.717, 1.165) is 5.56 Å². The molecular formula is C27H30F3NO3. The molecule has 2 aromatic carbocycles. The van der Waals surface area contributed by atoms with Crippen molar-refractivity contribution >= 4 is 11.6 Å². The molecule has 1 saturated heterocycles. The van der Waals surface area contributed by atoms with Crippen molar-refractivity contribution < 1.29 is 27.5 Å². The second kappa shape index (κ2) is 10.3. The van der Waals surface area contributed by atoms with Gasteiger partial charge in [-0.1, -0.05) is 37.3 Å². The molecule has 2 heterocycles. The zero-order valence-corrected chi connectivity index (χ0v) is 19.3. The molecule has 2 aliphatic heterocycles. The fourth-order valence-corrected chi connectivity index (χ4v) is 5.06.